The summed E-state index contributed by atoms with van der Waals surface area (Å²) in [6.45, 7) is 2.35. The number of nitrogens with two attached hydrogens (primary N) is 1. The second kappa shape index (κ2) is 5.19. The third-order valence-corrected chi connectivity index (χ3v) is 3.50. The van der Waals surface area contributed by atoms with Crippen molar-refractivity contribution in [3.8, 4) is 5.75 Å². The van der Waals surface area contributed by atoms with E-state index >= 15 is 0 Å². The topological polar surface area (TPSA) is 80.2 Å². The SMILES string of the molecule is CC1=NC=CC2C1=Nc1cc(OCC(O)CN)ccc12. The van der Waals surface area contributed by atoms with Gasteiger partial charge in [-0.3, -0.25) is 9.98 Å². The molecule has 2 aliphatic heterocycles. The third-order valence-electron chi connectivity index (χ3n) is 3.50. The maximum Gasteiger partial charge on any atom is 0.121 e. The number of hydrogen-bond acceptors (Lipinski definition) is 5. The van der Waals surface area contributed by atoms with E-state index in [4.69, 9.17) is 10.5 Å². The molecule has 0 aliphatic carbocycles. The van der Waals surface area contributed by atoms with Crippen molar-refractivity contribution >= 4 is 17.1 Å². The van der Waals surface area contributed by atoms with Crippen LogP contribution in [0.15, 0.2) is 40.5 Å². The Balaban J connectivity index is 1.83. The number of benzene rings is 1. The summed E-state index contributed by atoms with van der Waals surface area (Å²) in [6.07, 6.45) is 3.24. The quantitative estimate of drug-likeness (QED) is 0.871. The van der Waals surface area contributed by atoms with E-state index in [-0.39, 0.29) is 19.1 Å². The van der Waals surface area contributed by atoms with Crippen LogP contribution >= 0.6 is 0 Å². The van der Waals surface area contributed by atoms with Crippen LogP contribution in [0.4, 0.5) is 5.69 Å². The van der Waals surface area contributed by atoms with Crippen LogP contribution in [-0.2, 0) is 0 Å². The molecule has 2 aliphatic rings. The summed E-state index contributed by atoms with van der Waals surface area (Å²) in [5, 5.41) is 9.41. The lowest BCUT2D eigenvalue weighted by Gasteiger charge is -2.14. The van der Waals surface area contributed by atoms with Crippen LogP contribution in [-0.4, -0.2) is 35.8 Å². The summed E-state index contributed by atoms with van der Waals surface area (Å²) in [4.78, 5) is 8.91. The lowest BCUT2D eigenvalue weighted by Crippen LogP contribution is -2.26. The van der Waals surface area contributed by atoms with Gasteiger partial charge in [-0.05, 0) is 18.6 Å². The van der Waals surface area contributed by atoms with Crippen LogP contribution in [0, 0.1) is 0 Å². The molecule has 20 heavy (non-hydrogen) atoms. The largest absolute Gasteiger partial charge is 0.491 e. The van der Waals surface area contributed by atoms with Gasteiger partial charge in [-0.15, -0.1) is 0 Å². The van der Waals surface area contributed by atoms with Gasteiger partial charge in [0, 0.05) is 18.8 Å². The first-order chi connectivity index (χ1) is 9.69. The minimum absolute atomic E-state index is 0.190. The fourth-order valence-electron chi connectivity index (χ4n) is 2.39. The number of rotatable bonds is 4. The van der Waals surface area contributed by atoms with Gasteiger partial charge in [0.1, 0.15) is 18.5 Å². The van der Waals surface area contributed by atoms with Crippen molar-refractivity contribution in [2.24, 2.45) is 15.7 Å². The zero-order chi connectivity index (χ0) is 14.1. The molecule has 5 heteroatoms. The summed E-state index contributed by atoms with van der Waals surface area (Å²) in [6, 6.07) is 5.81. The average Bonchev–Trinajstić information content (AvgIpc) is 2.84. The number of fused-ring (bicyclic) bond motifs is 3. The van der Waals surface area contributed by atoms with Crippen LogP contribution in [0.25, 0.3) is 0 Å². The molecule has 3 rings (SSSR count). The first-order valence-corrected chi connectivity index (χ1v) is 6.64. The molecular formula is C15H17N3O2. The maximum absolute atomic E-state index is 9.41. The molecule has 5 nitrogen and oxygen atoms in total. The van der Waals surface area contributed by atoms with E-state index in [1.54, 1.807) is 0 Å². The maximum atomic E-state index is 9.41. The van der Waals surface area contributed by atoms with Gasteiger partial charge >= 0.3 is 0 Å². The summed E-state index contributed by atoms with van der Waals surface area (Å²) in [5.41, 5.74) is 9.38. The highest BCUT2D eigenvalue weighted by molar-refractivity contribution is 6.46. The number of hydrogen-bond donors (Lipinski definition) is 2. The molecule has 0 saturated heterocycles. The minimum Gasteiger partial charge on any atom is -0.491 e. The van der Waals surface area contributed by atoms with E-state index in [9.17, 15) is 5.11 Å². The van der Waals surface area contributed by atoms with Crippen LogP contribution in [0.1, 0.15) is 18.4 Å². The van der Waals surface area contributed by atoms with Crippen molar-refractivity contribution in [2.75, 3.05) is 13.2 Å². The minimum atomic E-state index is -0.644. The Labute approximate surface area is 117 Å². The third kappa shape index (κ3) is 2.26. The fourth-order valence-corrected chi connectivity index (χ4v) is 2.39. The highest BCUT2D eigenvalue weighted by atomic mass is 16.5. The molecule has 3 N–H and O–H groups in total. The van der Waals surface area contributed by atoms with E-state index in [1.807, 2.05) is 31.3 Å². The molecule has 0 saturated carbocycles. The number of aliphatic imine (C=N–C) groups is 2. The molecule has 2 heterocycles. The van der Waals surface area contributed by atoms with Crippen LogP contribution in [0.5, 0.6) is 5.75 Å². The summed E-state index contributed by atoms with van der Waals surface area (Å²) in [7, 11) is 0. The zero-order valence-electron chi connectivity index (χ0n) is 11.3. The molecule has 0 spiro atoms. The monoisotopic (exact) mass is 271 g/mol. The highest BCUT2D eigenvalue weighted by Gasteiger charge is 2.28. The first kappa shape index (κ1) is 13.0. The Hall–Kier alpha value is -1.98. The van der Waals surface area contributed by atoms with Crippen LogP contribution in [0.2, 0.25) is 0 Å². The molecule has 0 aromatic heterocycles. The molecule has 2 unspecified atom stereocenters. The molecule has 0 amide bonds. The predicted molar refractivity (Wildman–Crippen MR) is 79.1 cm³/mol. The van der Waals surface area contributed by atoms with Gasteiger partial charge in [-0.25, -0.2) is 0 Å². The Kier molecular flexibility index (Phi) is 3.38. The number of allylic oxidation sites excluding steroid dienone is 1. The number of aliphatic hydroxyl groups excluding tert-OH is 1. The van der Waals surface area contributed by atoms with Gasteiger partial charge in [0.25, 0.3) is 0 Å². The van der Waals surface area contributed by atoms with Crippen molar-refractivity contribution in [1.82, 2.24) is 0 Å². The summed E-state index contributed by atoms with van der Waals surface area (Å²) in [5.74, 6) is 0.893. The fraction of sp³-hybridized carbons (Fsp3) is 0.333. The Morgan fingerprint density at radius 3 is 3.10 bits per heavy atom. The van der Waals surface area contributed by atoms with E-state index in [0.29, 0.717) is 5.75 Å². The zero-order valence-corrected chi connectivity index (χ0v) is 11.3. The Bertz CT molecular complexity index is 620. The predicted octanol–water partition coefficient (Wildman–Crippen LogP) is 1.54. The second-order valence-electron chi connectivity index (χ2n) is 4.95. The summed E-state index contributed by atoms with van der Waals surface area (Å²) >= 11 is 0. The van der Waals surface area contributed by atoms with Gasteiger partial charge in [0.2, 0.25) is 0 Å². The van der Waals surface area contributed by atoms with Gasteiger partial charge in [0.15, 0.2) is 0 Å². The van der Waals surface area contributed by atoms with Gasteiger partial charge in [-0.1, -0.05) is 12.1 Å². The number of nitrogens with zero attached hydrogens (tertiary/aromatic N) is 2. The van der Waals surface area contributed by atoms with Gasteiger partial charge in [0.05, 0.1) is 23.0 Å². The van der Waals surface area contributed by atoms with E-state index in [1.165, 1.54) is 0 Å². The number of aliphatic hydroxyl groups is 1. The molecule has 0 radical (unpaired) electrons. The smallest absolute Gasteiger partial charge is 0.121 e. The molecular weight excluding hydrogens is 254 g/mol. The van der Waals surface area contributed by atoms with Crippen molar-refractivity contribution in [1.29, 1.82) is 0 Å². The lowest BCUT2D eigenvalue weighted by molar-refractivity contribution is 0.114. The van der Waals surface area contributed by atoms with E-state index < -0.39 is 6.10 Å². The Morgan fingerprint density at radius 1 is 1.45 bits per heavy atom. The molecule has 0 fully saturated rings. The van der Waals surface area contributed by atoms with Gasteiger partial charge < -0.3 is 15.6 Å². The van der Waals surface area contributed by atoms with Crippen LogP contribution < -0.4 is 10.5 Å². The molecule has 1 aromatic carbocycles. The molecule has 2 atom stereocenters. The van der Waals surface area contributed by atoms with Gasteiger partial charge in [-0.2, -0.15) is 0 Å². The van der Waals surface area contributed by atoms with Crippen LogP contribution in [0.3, 0.4) is 0 Å². The van der Waals surface area contributed by atoms with E-state index in [0.717, 1.165) is 22.7 Å². The number of ether oxygens (including phenoxy) is 1. The highest BCUT2D eigenvalue weighted by Crippen LogP contribution is 2.40. The normalized spacial score (nSPS) is 20.9. The first-order valence-electron chi connectivity index (χ1n) is 6.64. The van der Waals surface area contributed by atoms with Crippen molar-refractivity contribution in [3.05, 3.63) is 36.0 Å². The summed E-state index contributed by atoms with van der Waals surface area (Å²) < 4.78 is 5.52. The van der Waals surface area contributed by atoms with Crippen molar-refractivity contribution in [2.45, 2.75) is 18.9 Å². The molecule has 0 bridgehead atoms. The average molecular weight is 271 g/mol. The Morgan fingerprint density at radius 2 is 2.30 bits per heavy atom. The van der Waals surface area contributed by atoms with Crippen molar-refractivity contribution < 1.29 is 9.84 Å². The molecule has 104 valence electrons. The van der Waals surface area contributed by atoms with E-state index in [2.05, 4.69) is 16.1 Å². The molecule has 1 aromatic rings. The second-order valence-corrected chi connectivity index (χ2v) is 4.95. The lowest BCUT2D eigenvalue weighted by atomic mass is 9.92. The van der Waals surface area contributed by atoms with Crippen molar-refractivity contribution in [3.63, 3.8) is 0 Å². The standard InChI is InChI=1S/C15H17N3O2/c1-9-15-13(4-5-17-9)12-3-2-11(6-14(12)18-15)20-8-10(19)7-16/h2-6,10,13,19H,7-8,16H2,1H3.